The number of carbonyl (C=O) groups excluding carboxylic acids is 1. The quantitative estimate of drug-likeness (QED) is 0.414. The first-order valence-electron chi connectivity index (χ1n) is 8.30. The first-order valence-corrected chi connectivity index (χ1v) is 8.30. The standard InChI is InChI=1S/C20H18N4O3/c1-23-14-13-21-20(23)19(16-8-3-2-4-9-16)22-18(25)12-11-15-7-5-6-10-17(15)24(26)27/h2-14,19H,1H3,(H,22,25)/b12-11+. The summed E-state index contributed by atoms with van der Waals surface area (Å²) in [5.74, 6) is 0.318. The van der Waals surface area contributed by atoms with E-state index >= 15 is 0 Å². The number of para-hydroxylation sites is 1. The largest absolute Gasteiger partial charge is 0.339 e. The smallest absolute Gasteiger partial charge is 0.276 e. The van der Waals surface area contributed by atoms with Crippen LogP contribution < -0.4 is 5.32 Å². The maximum atomic E-state index is 12.5. The first-order chi connectivity index (χ1) is 13.1. The van der Waals surface area contributed by atoms with Crippen molar-refractivity contribution in [3.63, 3.8) is 0 Å². The number of carbonyl (C=O) groups is 1. The van der Waals surface area contributed by atoms with Crippen LogP contribution in [0.15, 0.2) is 73.1 Å². The van der Waals surface area contributed by atoms with Crippen molar-refractivity contribution in [1.29, 1.82) is 0 Å². The van der Waals surface area contributed by atoms with Crippen LogP contribution in [-0.2, 0) is 11.8 Å². The Morgan fingerprint density at radius 1 is 1.19 bits per heavy atom. The number of aromatic nitrogens is 2. The SMILES string of the molecule is Cn1ccnc1C(NC(=O)/C=C/c1ccccc1[N+](=O)[O-])c1ccccc1. The van der Waals surface area contributed by atoms with Gasteiger partial charge in [-0.3, -0.25) is 14.9 Å². The minimum absolute atomic E-state index is 0.0507. The molecule has 0 aliphatic rings. The van der Waals surface area contributed by atoms with Crippen LogP contribution in [0.5, 0.6) is 0 Å². The van der Waals surface area contributed by atoms with Crippen LogP contribution in [0.2, 0.25) is 0 Å². The molecule has 0 spiro atoms. The number of hydrogen-bond donors (Lipinski definition) is 1. The van der Waals surface area contributed by atoms with Gasteiger partial charge in [-0.2, -0.15) is 0 Å². The minimum atomic E-state index is -0.474. The third-order valence-corrected chi connectivity index (χ3v) is 4.08. The van der Waals surface area contributed by atoms with Crippen LogP contribution in [0.4, 0.5) is 5.69 Å². The van der Waals surface area contributed by atoms with Gasteiger partial charge in [-0.1, -0.05) is 42.5 Å². The molecule has 0 radical (unpaired) electrons. The van der Waals surface area contributed by atoms with Gasteiger partial charge < -0.3 is 9.88 Å². The Bertz CT molecular complexity index is 980. The fourth-order valence-electron chi connectivity index (χ4n) is 2.75. The van der Waals surface area contributed by atoms with Crippen LogP contribution in [-0.4, -0.2) is 20.4 Å². The van der Waals surface area contributed by atoms with E-state index in [4.69, 9.17) is 0 Å². The van der Waals surface area contributed by atoms with Crippen LogP contribution in [0.1, 0.15) is 23.0 Å². The Hall–Kier alpha value is -3.74. The molecule has 1 unspecified atom stereocenters. The fourth-order valence-corrected chi connectivity index (χ4v) is 2.75. The molecule has 136 valence electrons. The highest BCUT2D eigenvalue weighted by Crippen LogP contribution is 2.21. The number of nitro groups is 1. The van der Waals surface area contributed by atoms with E-state index in [-0.39, 0.29) is 11.6 Å². The molecule has 0 bridgehead atoms. The van der Waals surface area contributed by atoms with E-state index in [2.05, 4.69) is 10.3 Å². The molecule has 1 amide bonds. The van der Waals surface area contributed by atoms with Crippen LogP contribution >= 0.6 is 0 Å². The van der Waals surface area contributed by atoms with Crippen molar-refractivity contribution < 1.29 is 9.72 Å². The molecule has 27 heavy (non-hydrogen) atoms. The van der Waals surface area contributed by atoms with E-state index < -0.39 is 11.0 Å². The fraction of sp³-hybridized carbons (Fsp3) is 0.100. The highest BCUT2D eigenvalue weighted by atomic mass is 16.6. The summed E-state index contributed by atoms with van der Waals surface area (Å²) in [5, 5.41) is 14.0. The predicted octanol–water partition coefficient (Wildman–Crippen LogP) is 3.25. The summed E-state index contributed by atoms with van der Waals surface area (Å²) in [4.78, 5) is 27.4. The van der Waals surface area contributed by atoms with E-state index in [0.717, 1.165) is 5.56 Å². The molecule has 1 aromatic heterocycles. The zero-order chi connectivity index (χ0) is 19.2. The second kappa shape index (κ2) is 8.09. The van der Waals surface area contributed by atoms with Crippen LogP contribution in [0.25, 0.3) is 6.08 Å². The van der Waals surface area contributed by atoms with Gasteiger partial charge >= 0.3 is 0 Å². The second-order valence-corrected chi connectivity index (χ2v) is 5.90. The van der Waals surface area contributed by atoms with Gasteiger partial charge in [0.25, 0.3) is 5.69 Å². The van der Waals surface area contributed by atoms with Crippen molar-refractivity contribution in [2.75, 3.05) is 0 Å². The zero-order valence-electron chi connectivity index (χ0n) is 14.6. The molecule has 1 heterocycles. The highest BCUT2D eigenvalue weighted by molar-refractivity contribution is 5.92. The van der Waals surface area contributed by atoms with Gasteiger partial charge in [-0.05, 0) is 17.7 Å². The van der Waals surface area contributed by atoms with Gasteiger partial charge in [-0.25, -0.2) is 4.98 Å². The molecule has 1 N–H and O–H groups in total. The highest BCUT2D eigenvalue weighted by Gasteiger charge is 2.19. The Labute approximate surface area is 156 Å². The average Bonchev–Trinajstić information content (AvgIpc) is 3.11. The summed E-state index contributed by atoms with van der Waals surface area (Å²) in [5.41, 5.74) is 1.20. The van der Waals surface area contributed by atoms with Crippen LogP contribution in [0.3, 0.4) is 0 Å². The van der Waals surface area contributed by atoms with Crippen molar-refractivity contribution in [2.24, 2.45) is 7.05 Å². The summed E-state index contributed by atoms with van der Waals surface area (Å²) in [6, 6.07) is 15.3. The van der Waals surface area contributed by atoms with Crippen molar-refractivity contribution in [1.82, 2.24) is 14.9 Å². The molecule has 3 rings (SSSR count). The number of hydrogen-bond acceptors (Lipinski definition) is 4. The third kappa shape index (κ3) is 4.27. The van der Waals surface area contributed by atoms with Gasteiger partial charge in [0.2, 0.25) is 5.91 Å². The lowest BCUT2D eigenvalue weighted by Gasteiger charge is -2.18. The summed E-state index contributed by atoms with van der Waals surface area (Å²) >= 11 is 0. The molecule has 0 aliphatic carbocycles. The van der Waals surface area contributed by atoms with Crippen molar-refractivity contribution in [2.45, 2.75) is 6.04 Å². The number of nitrogens with one attached hydrogen (secondary N) is 1. The summed E-state index contributed by atoms with van der Waals surface area (Å²) < 4.78 is 1.84. The second-order valence-electron chi connectivity index (χ2n) is 5.90. The number of aryl methyl sites for hydroxylation is 1. The van der Waals surface area contributed by atoms with Crippen molar-refractivity contribution in [3.05, 3.63) is 100 Å². The monoisotopic (exact) mass is 362 g/mol. The molecule has 2 aromatic carbocycles. The molecule has 7 nitrogen and oxygen atoms in total. The molecule has 0 fully saturated rings. The Kier molecular flexibility index (Phi) is 5.41. The average molecular weight is 362 g/mol. The summed E-state index contributed by atoms with van der Waals surface area (Å²) in [6.45, 7) is 0. The van der Waals surface area contributed by atoms with Crippen LogP contribution in [0, 0.1) is 10.1 Å². The zero-order valence-corrected chi connectivity index (χ0v) is 14.6. The molecular weight excluding hydrogens is 344 g/mol. The lowest BCUT2D eigenvalue weighted by atomic mass is 10.1. The topological polar surface area (TPSA) is 90.1 Å². The van der Waals surface area contributed by atoms with Gasteiger partial charge in [0.05, 0.1) is 10.5 Å². The van der Waals surface area contributed by atoms with E-state index in [0.29, 0.717) is 11.4 Å². The summed E-state index contributed by atoms with van der Waals surface area (Å²) in [6.07, 6.45) is 6.20. The van der Waals surface area contributed by atoms with E-state index in [1.54, 1.807) is 30.6 Å². The number of nitro benzene ring substituents is 1. The Balaban J connectivity index is 1.84. The van der Waals surface area contributed by atoms with Gasteiger partial charge in [0.1, 0.15) is 11.9 Å². The molecule has 0 saturated heterocycles. The molecule has 0 aliphatic heterocycles. The normalized spacial score (nSPS) is 12.0. The van der Waals surface area contributed by atoms with Crippen molar-refractivity contribution >= 4 is 17.7 Å². The number of nitrogens with zero attached hydrogens (tertiary/aromatic N) is 3. The maximum Gasteiger partial charge on any atom is 0.276 e. The molecular formula is C20H18N4O3. The maximum absolute atomic E-state index is 12.5. The van der Waals surface area contributed by atoms with E-state index in [1.807, 2.05) is 41.9 Å². The third-order valence-electron chi connectivity index (χ3n) is 4.08. The number of imidazole rings is 1. The predicted molar refractivity (Wildman–Crippen MR) is 102 cm³/mol. The number of benzene rings is 2. The minimum Gasteiger partial charge on any atom is -0.339 e. The molecule has 1 atom stereocenters. The Morgan fingerprint density at radius 3 is 2.56 bits per heavy atom. The van der Waals surface area contributed by atoms with E-state index in [9.17, 15) is 14.9 Å². The molecule has 7 heteroatoms. The molecule has 3 aromatic rings. The van der Waals surface area contributed by atoms with Crippen molar-refractivity contribution in [3.8, 4) is 0 Å². The summed E-state index contributed by atoms with van der Waals surface area (Å²) in [7, 11) is 1.85. The lowest BCUT2D eigenvalue weighted by molar-refractivity contribution is -0.385. The molecule has 0 saturated carbocycles. The van der Waals surface area contributed by atoms with Gasteiger partial charge in [-0.15, -0.1) is 0 Å². The van der Waals surface area contributed by atoms with Gasteiger partial charge in [0, 0.05) is 31.6 Å². The van der Waals surface area contributed by atoms with Gasteiger partial charge in [0.15, 0.2) is 0 Å². The number of amides is 1. The Morgan fingerprint density at radius 2 is 1.89 bits per heavy atom. The number of rotatable bonds is 6. The van der Waals surface area contributed by atoms with E-state index in [1.165, 1.54) is 18.2 Å². The first kappa shape index (κ1) is 18.1. The lowest BCUT2D eigenvalue weighted by Crippen LogP contribution is -2.29.